The minimum Gasteiger partial charge on any atom is -0.492 e. The van der Waals surface area contributed by atoms with Gasteiger partial charge in [-0.15, -0.1) is 0 Å². The van der Waals surface area contributed by atoms with Gasteiger partial charge in [0.25, 0.3) is 5.91 Å². The second-order valence-corrected chi connectivity index (χ2v) is 8.67. The van der Waals surface area contributed by atoms with E-state index in [4.69, 9.17) is 14.2 Å². The number of hydrogen-bond acceptors (Lipinski definition) is 7. The summed E-state index contributed by atoms with van der Waals surface area (Å²) < 4.78 is 17.5. The van der Waals surface area contributed by atoms with Crippen molar-refractivity contribution >= 4 is 22.8 Å². The molecule has 2 fully saturated rings. The topological polar surface area (TPSA) is 119 Å². The monoisotopic (exact) mass is 449 g/mol. The standard InChI is InChI=1S/C23H23N5O5/c1-12(29)28-7-14(8-28)27-23(30)15-6-24-21-19(15)25-10-26-20(21)18-16(31-9-13-2-3-13)4-5-17-22(18)33-11-32-17/h4-6,10,13-14,24H,2-3,7-9,11H2,1H3,(H,27,30). The zero-order chi connectivity index (χ0) is 22.5. The molecule has 0 bridgehead atoms. The highest BCUT2D eigenvalue weighted by molar-refractivity contribution is 6.08. The Bertz CT molecular complexity index is 1260. The minimum atomic E-state index is -0.248. The number of hydrogen-bond donors (Lipinski definition) is 2. The Labute approximate surface area is 189 Å². The molecule has 33 heavy (non-hydrogen) atoms. The molecule has 2 amide bonds. The van der Waals surface area contributed by atoms with E-state index in [9.17, 15) is 9.59 Å². The average molecular weight is 449 g/mol. The third-order valence-electron chi connectivity index (χ3n) is 6.28. The molecule has 1 aromatic carbocycles. The summed E-state index contributed by atoms with van der Waals surface area (Å²) in [4.78, 5) is 38.0. The highest BCUT2D eigenvalue weighted by atomic mass is 16.7. The minimum absolute atomic E-state index is 0.00581. The first kappa shape index (κ1) is 19.8. The molecular formula is C23H23N5O5. The molecule has 0 atom stereocenters. The van der Waals surface area contributed by atoms with E-state index in [0.717, 1.165) is 0 Å². The van der Waals surface area contributed by atoms with Crippen molar-refractivity contribution in [2.45, 2.75) is 25.8 Å². The van der Waals surface area contributed by atoms with Gasteiger partial charge in [0, 0.05) is 26.2 Å². The van der Waals surface area contributed by atoms with Crippen molar-refractivity contribution in [1.82, 2.24) is 25.2 Å². The molecule has 1 saturated carbocycles. The SMILES string of the molecule is CC(=O)N1CC(NC(=O)c2c[nH]c3c(-c4c(OCC5CC5)ccc5c4OCO5)ncnc23)C1. The predicted molar refractivity (Wildman–Crippen MR) is 117 cm³/mol. The van der Waals surface area contributed by atoms with E-state index in [1.165, 1.54) is 26.1 Å². The van der Waals surface area contributed by atoms with Gasteiger partial charge in [-0.2, -0.15) is 0 Å². The first-order valence-corrected chi connectivity index (χ1v) is 11.0. The molecule has 3 aromatic rings. The zero-order valence-corrected chi connectivity index (χ0v) is 18.1. The number of fused-ring (bicyclic) bond motifs is 2. The summed E-state index contributed by atoms with van der Waals surface area (Å²) in [6.07, 6.45) is 5.42. The molecule has 170 valence electrons. The van der Waals surface area contributed by atoms with Crippen molar-refractivity contribution < 1.29 is 23.8 Å². The molecule has 0 radical (unpaired) electrons. The van der Waals surface area contributed by atoms with Crippen LogP contribution in [0.5, 0.6) is 17.2 Å². The average Bonchev–Trinajstić information content (AvgIpc) is 3.30. The summed E-state index contributed by atoms with van der Waals surface area (Å²) in [7, 11) is 0. The molecular weight excluding hydrogens is 426 g/mol. The lowest BCUT2D eigenvalue weighted by Crippen LogP contribution is -2.60. The van der Waals surface area contributed by atoms with Crippen molar-refractivity contribution in [3.8, 4) is 28.5 Å². The summed E-state index contributed by atoms with van der Waals surface area (Å²) >= 11 is 0. The van der Waals surface area contributed by atoms with E-state index in [2.05, 4.69) is 20.3 Å². The van der Waals surface area contributed by atoms with Gasteiger partial charge >= 0.3 is 0 Å². The number of carbonyl (C=O) groups is 2. The fourth-order valence-corrected chi connectivity index (χ4v) is 4.18. The van der Waals surface area contributed by atoms with Gasteiger partial charge in [0.05, 0.1) is 29.3 Å². The highest BCUT2D eigenvalue weighted by Crippen LogP contribution is 2.48. The largest absolute Gasteiger partial charge is 0.492 e. The molecule has 4 heterocycles. The van der Waals surface area contributed by atoms with Gasteiger partial charge in [-0.1, -0.05) is 0 Å². The first-order chi connectivity index (χ1) is 16.1. The molecule has 2 aromatic heterocycles. The first-order valence-electron chi connectivity index (χ1n) is 11.0. The number of aromatic amines is 1. The predicted octanol–water partition coefficient (Wildman–Crippen LogP) is 2.10. The van der Waals surface area contributed by atoms with Crippen LogP contribution < -0.4 is 19.5 Å². The van der Waals surface area contributed by atoms with Crippen LogP contribution in [0.2, 0.25) is 0 Å². The van der Waals surface area contributed by atoms with Crippen molar-refractivity contribution in [2.24, 2.45) is 5.92 Å². The van der Waals surface area contributed by atoms with Gasteiger partial charge < -0.3 is 29.4 Å². The maximum atomic E-state index is 12.9. The number of amides is 2. The Morgan fingerprint density at radius 2 is 2.09 bits per heavy atom. The number of nitrogens with one attached hydrogen (secondary N) is 2. The van der Waals surface area contributed by atoms with Crippen LogP contribution in [0.1, 0.15) is 30.1 Å². The summed E-state index contributed by atoms with van der Waals surface area (Å²) in [6.45, 7) is 3.31. The van der Waals surface area contributed by atoms with Gasteiger partial charge in [0.1, 0.15) is 23.3 Å². The van der Waals surface area contributed by atoms with Crippen molar-refractivity contribution in [3.05, 3.63) is 30.2 Å². The van der Waals surface area contributed by atoms with Crippen molar-refractivity contribution in [1.29, 1.82) is 0 Å². The van der Waals surface area contributed by atoms with Crippen LogP contribution in [0.25, 0.3) is 22.3 Å². The summed E-state index contributed by atoms with van der Waals surface area (Å²) in [5, 5.41) is 2.97. The van der Waals surface area contributed by atoms with Gasteiger partial charge in [-0.3, -0.25) is 9.59 Å². The van der Waals surface area contributed by atoms with Crippen LogP contribution >= 0.6 is 0 Å². The fraction of sp³-hybridized carbons (Fsp3) is 0.391. The quantitative estimate of drug-likeness (QED) is 0.592. The number of benzene rings is 1. The van der Waals surface area contributed by atoms with E-state index in [0.29, 0.717) is 70.7 Å². The number of H-pyrrole nitrogens is 1. The Kier molecular flexibility index (Phi) is 4.60. The normalized spacial score (nSPS) is 17.2. The van der Waals surface area contributed by atoms with Crippen LogP contribution in [0, 0.1) is 5.92 Å². The van der Waals surface area contributed by atoms with Crippen LogP contribution in [0.4, 0.5) is 0 Å². The number of ether oxygens (including phenoxy) is 3. The molecule has 3 aliphatic rings. The lowest BCUT2D eigenvalue weighted by Gasteiger charge is -2.38. The van der Waals surface area contributed by atoms with Gasteiger partial charge in [-0.25, -0.2) is 9.97 Å². The third kappa shape index (κ3) is 3.51. The van der Waals surface area contributed by atoms with E-state index in [1.54, 1.807) is 11.1 Å². The Hall–Kier alpha value is -3.82. The maximum Gasteiger partial charge on any atom is 0.255 e. The molecule has 2 N–H and O–H groups in total. The fourth-order valence-electron chi connectivity index (χ4n) is 4.18. The molecule has 1 saturated heterocycles. The number of rotatable bonds is 6. The van der Waals surface area contributed by atoms with E-state index >= 15 is 0 Å². The second-order valence-electron chi connectivity index (χ2n) is 8.67. The van der Waals surface area contributed by atoms with Crippen LogP contribution in [0.3, 0.4) is 0 Å². The Morgan fingerprint density at radius 3 is 2.88 bits per heavy atom. The molecule has 2 aliphatic heterocycles. The Morgan fingerprint density at radius 1 is 1.24 bits per heavy atom. The number of carbonyl (C=O) groups excluding carboxylic acids is 2. The summed E-state index contributed by atoms with van der Waals surface area (Å²) in [6, 6.07) is 3.63. The molecule has 6 rings (SSSR count). The van der Waals surface area contributed by atoms with Crippen LogP contribution in [-0.4, -0.2) is 64.2 Å². The third-order valence-corrected chi connectivity index (χ3v) is 6.28. The van der Waals surface area contributed by atoms with Crippen molar-refractivity contribution in [3.63, 3.8) is 0 Å². The lowest BCUT2D eigenvalue weighted by atomic mass is 10.1. The molecule has 1 aliphatic carbocycles. The van der Waals surface area contributed by atoms with Crippen LogP contribution in [0.15, 0.2) is 24.7 Å². The highest BCUT2D eigenvalue weighted by Gasteiger charge is 2.32. The molecule has 0 unspecified atom stereocenters. The number of likely N-dealkylation sites (tertiary alicyclic amines) is 1. The van der Waals surface area contributed by atoms with E-state index in [-0.39, 0.29) is 24.6 Å². The van der Waals surface area contributed by atoms with Gasteiger partial charge in [0.15, 0.2) is 11.5 Å². The zero-order valence-electron chi connectivity index (χ0n) is 18.1. The maximum absolute atomic E-state index is 12.9. The van der Waals surface area contributed by atoms with Crippen LogP contribution in [-0.2, 0) is 4.79 Å². The number of aromatic nitrogens is 3. The number of nitrogens with zero attached hydrogens (tertiary/aromatic N) is 3. The Balaban J connectivity index is 1.34. The van der Waals surface area contributed by atoms with E-state index < -0.39 is 0 Å². The van der Waals surface area contributed by atoms with E-state index in [1.807, 2.05) is 12.1 Å². The molecule has 10 nitrogen and oxygen atoms in total. The van der Waals surface area contributed by atoms with Gasteiger partial charge in [-0.05, 0) is 30.9 Å². The summed E-state index contributed by atoms with van der Waals surface area (Å²) in [5.74, 6) is 2.20. The lowest BCUT2D eigenvalue weighted by molar-refractivity contribution is -0.133. The smallest absolute Gasteiger partial charge is 0.255 e. The molecule has 10 heteroatoms. The second kappa shape index (κ2) is 7.65. The molecule has 0 spiro atoms. The van der Waals surface area contributed by atoms with Crippen molar-refractivity contribution in [2.75, 3.05) is 26.5 Å². The van der Waals surface area contributed by atoms with Gasteiger partial charge in [0.2, 0.25) is 12.7 Å². The summed E-state index contributed by atoms with van der Waals surface area (Å²) in [5.41, 5.74) is 2.80.